The largest absolute Gasteiger partial charge is 0.487 e. The minimum atomic E-state index is 0.469. The summed E-state index contributed by atoms with van der Waals surface area (Å²) in [5, 5.41) is 0. The second-order valence-electron chi connectivity index (χ2n) is 9.72. The van der Waals surface area contributed by atoms with Crippen molar-refractivity contribution in [3.05, 3.63) is 58.9 Å². The summed E-state index contributed by atoms with van der Waals surface area (Å²) in [5.41, 5.74) is 12.0. The second-order valence-corrected chi connectivity index (χ2v) is 9.72. The first-order valence-corrected chi connectivity index (χ1v) is 11.6. The van der Waals surface area contributed by atoms with E-state index >= 15 is 0 Å². The number of hydrogen-bond acceptors (Lipinski definition) is 4. The van der Waals surface area contributed by atoms with E-state index in [1.807, 2.05) is 0 Å². The molecule has 0 radical (unpaired) electrons. The zero-order valence-electron chi connectivity index (χ0n) is 19.2. The van der Waals surface area contributed by atoms with Crippen molar-refractivity contribution in [2.45, 2.75) is 40.5 Å². The average molecular weight is 425 g/mol. The summed E-state index contributed by atoms with van der Waals surface area (Å²) < 4.78 is 12.2. The van der Waals surface area contributed by atoms with Crippen LogP contribution in [0.3, 0.4) is 0 Å². The molecule has 0 saturated carbocycles. The van der Waals surface area contributed by atoms with Gasteiger partial charge in [0.2, 0.25) is 0 Å². The van der Waals surface area contributed by atoms with Crippen LogP contribution >= 0.6 is 0 Å². The van der Waals surface area contributed by atoms with Crippen LogP contribution in [0.15, 0.2) is 57.8 Å². The van der Waals surface area contributed by atoms with Gasteiger partial charge in [-0.1, -0.05) is 52.0 Å². The van der Waals surface area contributed by atoms with Gasteiger partial charge in [-0.3, -0.25) is 9.98 Å². The molecule has 6 rings (SSSR count). The molecule has 0 atom stereocenters. The molecule has 4 aliphatic rings. The molecule has 32 heavy (non-hydrogen) atoms. The molecule has 2 aromatic rings. The molecule has 0 aromatic heterocycles. The van der Waals surface area contributed by atoms with Crippen molar-refractivity contribution >= 4 is 22.6 Å². The Morgan fingerprint density at radius 3 is 1.50 bits per heavy atom. The van der Waals surface area contributed by atoms with Gasteiger partial charge in [-0.2, -0.15) is 0 Å². The van der Waals surface area contributed by atoms with Crippen LogP contribution in [0.1, 0.15) is 51.7 Å². The highest BCUT2D eigenvalue weighted by atomic mass is 16.5. The smallest absolute Gasteiger partial charge is 0.131 e. The van der Waals surface area contributed by atoms with Gasteiger partial charge in [0.1, 0.15) is 24.7 Å². The van der Waals surface area contributed by atoms with Crippen LogP contribution in [-0.2, 0) is 0 Å². The molecule has 0 unspecified atom stereocenters. The Hall–Kier alpha value is -3.14. The number of ether oxygens (including phenoxy) is 2. The van der Waals surface area contributed by atoms with Crippen LogP contribution in [-0.4, -0.2) is 24.6 Å². The predicted octanol–water partition coefficient (Wildman–Crippen LogP) is 6.56. The van der Waals surface area contributed by atoms with E-state index in [0.29, 0.717) is 25.0 Å². The number of allylic oxidation sites excluding steroid dienone is 2. The number of benzene rings is 2. The van der Waals surface area contributed by atoms with Crippen molar-refractivity contribution in [2.24, 2.45) is 21.8 Å². The fourth-order valence-electron chi connectivity index (χ4n) is 4.97. The van der Waals surface area contributed by atoms with Gasteiger partial charge in [0.25, 0.3) is 0 Å². The number of hydrogen-bond donors (Lipinski definition) is 0. The van der Waals surface area contributed by atoms with E-state index < -0.39 is 0 Å². The molecule has 0 bridgehead atoms. The van der Waals surface area contributed by atoms with Crippen LogP contribution < -0.4 is 9.47 Å². The van der Waals surface area contributed by atoms with Crippen LogP contribution in [0, 0.1) is 11.8 Å². The molecule has 0 saturated heterocycles. The van der Waals surface area contributed by atoms with Crippen molar-refractivity contribution in [3.8, 4) is 22.6 Å². The van der Waals surface area contributed by atoms with E-state index in [1.165, 1.54) is 33.7 Å². The Kier molecular flexibility index (Phi) is 4.39. The minimum absolute atomic E-state index is 0.469. The van der Waals surface area contributed by atoms with E-state index in [1.54, 1.807) is 0 Å². The molecule has 162 valence electrons. The molecule has 0 fully saturated rings. The topological polar surface area (TPSA) is 43.2 Å². The third-order valence-electron chi connectivity index (χ3n) is 6.98. The number of rotatable bonds is 3. The van der Waals surface area contributed by atoms with Crippen LogP contribution in [0.2, 0.25) is 0 Å². The maximum atomic E-state index is 6.11. The Morgan fingerprint density at radius 2 is 1.09 bits per heavy atom. The summed E-state index contributed by atoms with van der Waals surface area (Å²) >= 11 is 0. The molecule has 0 spiro atoms. The molecule has 4 nitrogen and oxygen atoms in total. The Labute approximate surface area is 189 Å². The van der Waals surface area contributed by atoms with Crippen LogP contribution in [0.4, 0.5) is 0 Å². The Balaban J connectivity index is 1.30. The standard InChI is InChI=1S/C28H28N2O2/c1-15(2)23-11-21-19-7-5-17(9-27(19)31-13-25(21)29-23)18-6-8-20-22-12-24(16(3)4)30-26(22)14-32-28(20)10-18/h5-10,15-16H,11-14H2,1-4H3. The van der Waals surface area contributed by atoms with Crippen molar-refractivity contribution < 1.29 is 9.47 Å². The van der Waals surface area contributed by atoms with Crippen molar-refractivity contribution in [1.29, 1.82) is 0 Å². The maximum absolute atomic E-state index is 6.11. The van der Waals surface area contributed by atoms with Crippen LogP contribution in [0.5, 0.6) is 11.5 Å². The molecule has 4 heterocycles. The molecular weight excluding hydrogens is 396 g/mol. The van der Waals surface area contributed by atoms with E-state index in [4.69, 9.17) is 19.5 Å². The second kappa shape index (κ2) is 7.19. The predicted molar refractivity (Wildman–Crippen MR) is 130 cm³/mol. The van der Waals surface area contributed by atoms with Gasteiger partial charge in [0.05, 0.1) is 11.4 Å². The zero-order chi connectivity index (χ0) is 22.0. The summed E-state index contributed by atoms with van der Waals surface area (Å²) in [4.78, 5) is 9.64. The SMILES string of the molecule is CC(C)C1=NC2=C(C1)c1ccc(-c3ccc4c(c3)OCC3=C4CC(C(C)C)=N3)cc1OC2. The molecule has 0 amide bonds. The lowest BCUT2D eigenvalue weighted by atomic mass is 9.91. The summed E-state index contributed by atoms with van der Waals surface area (Å²) in [6.45, 7) is 9.96. The number of aliphatic imine (C=N–C) groups is 2. The van der Waals surface area contributed by atoms with E-state index in [-0.39, 0.29) is 0 Å². The van der Waals surface area contributed by atoms with Crippen molar-refractivity contribution in [1.82, 2.24) is 0 Å². The summed E-state index contributed by atoms with van der Waals surface area (Å²) in [7, 11) is 0. The molecule has 0 aliphatic carbocycles. The maximum Gasteiger partial charge on any atom is 0.131 e. The number of nitrogens with zero attached hydrogens (tertiary/aromatic N) is 2. The van der Waals surface area contributed by atoms with Crippen molar-refractivity contribution in [2.75, 3.05) is 13.2 Å². The highest BCUT2D eigenvalue weighted by Crippen LogP contribution is 2.44. The van der Waals surface area contributed by atoms with E-state index in [2.05, 4.69) is 64.1 Å². The first-order valence-electron chi connectivity index (χ1n) is 11.6. The Bertz CT molecular complexity index is 1170. The van der Waals surface area contributed by atoms with E-state index in [9.17, 15) is 0 Å². The van der Waals surface area contributed by atoms with Gasteiger partial charge in [-0.15, -0.1) is 0 Å². The monoisotopic (exact) mass is 424 g/mol. The third kappa shape index (κ3) is 3.04. The summed E-state index contributed by atoms with van der Waals surface area (Å²) in [6.07, 6.45) is 1.88. The van der Waals surface area contributed by atoms with Gasteiger partial charge in [0, 0.05) is 35.4 Å². The molecule has 4 aliphatic heterocycles. The highest BCUT2D eigenvalue weighted by molar-refractivity contribution is 6.03. The first-order chi connectivity index (χ1) is 15.5. The minimum Gasteiger partial charge on any atom is -0.487 e. The lowest BCUT2D eigenvalue weighted by Crippen LogP contribution is -2.09. The Morgan fingerprint density at radius 1 is 0.656 bits per heavy atom. The summed E-state index contributed by atoms with van der Waals surface area (Å²) in [6, 6.07) is 13.1. The zero-order valence-corrected chi connectivity index (χ0v) is 19.2. The normalized spacial score (nSPS) is 18.7. The molecule has 0 N–H and O–H groups in total. The molecule has 2 aromatic carbocycles. The first kappa shape index (κ1) is 19.5. The van der Waals surface area contributed by atoms with Gasteiger partial charge >= 0.3 is 0 Å². The average Bonchev–Trinajstić information content (AvgIpc) is 3.43. The van der Waals surface area contributed by atoms with Gasteiger partial charge in [-0.25, -0.2) is 0 Å². The lowest BCUT2D eigenvalue weighted by molar-refractivity contribution is 0.344. The molecule has 4 heteroatoms. The fraction of sp³-hybridized carbons (Fsp3) is 0.357. The van der Waals surface area contributed by atoms with Gasteiger partial charge < -0.3 is 9.47 Å². The summed E-state index contributed by atoms with van der Waals surface area (Å²) in [5.74, 6) is 2.85. The fourth-order valence-corrected chi connectivity index (χ4v) is 4.97. The lowest BCUT2D eigenvalue weighted by Gasteiger charge is -2.21. The van der Waals surface area contributed by atoms with Crippen LogP contribution in [0.25, 0.3) is 22.3 Å². The quantitative estimate of drug-likeness (QED) is 0.560. The number of fused-ring (bicyclic) bond motifs is 4. The highest BCUT2D eigenvalue weighted by Gasteiger charge is 2.29. The molecular formula is C28H28N2O2. The third-order valence-corrected chi connectivity index (χ3v) is 6.98. The van der Waals surface area contributed by atoms with Gasteiger partial charge in [0.15, 0.2) is 0 Å². The van der Waals surface area contributed by atoms with Crippen molar-refractivity contribution in [3.63, 3.8) is 0 Å². The van der Waals surface area contributed by atoms with Gasteiger partial charge in [-0.05, 0) is 46.2 Å². The van der Waals surface area contributed by atoms with E-state index in [0.717, 1.165) is 46.9 Å².